The summed E-state index contributed by atoms with van der Waals surface area (Å²) in [5, 5.41) is 0.592. The van der Waals surface area contributed by atoms with E-state index in [1.807, 2.05) is 30.3 Å². The lowest BCUT2D eigenvalue weighted by molar-refractivity contribution is 0.912. The van der Waals surface area contributed by atoms with Crippen molar-refractivity contribution in [1.82, 2.24) is 4.98 Å². The van der Waals surface area contributed by atoms with Gasteiger partial charge in [-0.05, 0) is 17.2 Å². The van der Waals surface area contributed by atoms with Crippen LogP contribution in [0.25, 0.3) is 0 Å². The number of benzene rings is 1. The Morgan fingerprint density at radius 3 is 2.47 bits per heavy atom. The lowest BCUT2D eigenvalue weighted by Gasteiger charge is -2.12. The Labute approximate surface area is 94.7 Å². The molecule has 1 aromatic carbocycles. The van der Waals surface area contributed by atoms with Crippen molar-refractivity contribution in [2.24, 2.45) is 0 Å². The summed E-state index contributed by atoms with van der Waals surface area (Å²) in [6, 6.07) is 14.2. The van der Waals surface area contributed by atoms with Crippen LogP contribution in [0, 0.1) is 0 Å². The molecule has 0 aliphatic carbocycles. The van der Waals surface area contributed by atoms with Crippen LogP contribution in [0.1, 0.15) is 24.0 Å². The monoisotopic (exact) mass is 217 g/mol. The number of hydrogen-bond donors (Lipinski definition) is 0. The molecule has 0 amide bonds. The van der Waals surface area contributed by atoms with E-state index in [1.165, 1.54) is 5.56 Å². The van der Waals surface area contributed by atoms with Crippen molar-refractivity contribution in [2.45, 2.75) is 12.8 Å². The van der Waals surface area contributed by atoms with Gasteiger partial charge in [0.25, 0.3) is 0 Å². The first kappa shape index (κ1) is 10.2. The minimum absolute atomic E-state index is 0.285. The van der Waals surface area contributed by atoms with Gasteiger partial charge in [-0.15, -0.1) is 0 Å². The Balaban J connectivity index is 2.37. The van der Waals surface area contributed by atoms with Crippen LogP contribution < -0.4 is 0 Å². The van der Waals surface area contributed by atoms with Crippen molar-refractivity contribution in [1.29, 1.82) is 0 Å². The maximum absolute atomic E-state index is 6.06. The number of pyridine rings is 1. The SMILES string of the molecule is CC(c1ccccc1)c1cccnc1Cl. The van der Waals surface area contributed by atoms with E-state index in [0.717, 1.165) is 5.56 Å². The summed E-state index contributed by atoms with van der Waals surface area (Å²) >= 11 is 6.06. The van der Waals surface area contributed by atoms with Crippen LogP contribution in [-0.2, 0) is 0 Å². The van der Waals surface area contributed by atoms with Gasteiger partial charge >= 0.3 is 0 Å². The van der Waals surface area contributed by atoms with Crippen LogP contribution in [0.15, 0.2) is 48.7 Å². The fourth-order valence-corrected chi connectivity index (χ4v) is 1.93. The van der Waals surface area contributed by atoms with Gasteiger partial charge in [0.15, 0.2) is 0 Å². The van der Waals surface area contributed by atoms with Crippen molar-refractivity contribution in [2.75, 3.05) is 0 Å². The van der Waals surface area contributed by atoms with Gasteiger partial charge in [-0.3, -0.25) is 0 Å². The molecular weight excluding hydrogens is 206 g/mol. The average Bonchev–Trinajstić information content (AvgIpc) is 2.30. The molecule has 2 aromatic rings. The van der Waals surface area contributed by atoms with Crippen molar-refractivity contribution < 1.29 is 0 Å². The Morgan fingerprint density at radius 1 is 1.07 bits per heavy atom. The molecular formula is C13H12ClN. The van der Waals surface area contributed by atoms with E-state index in [9.17, 15) is 0 Å². The van der Waals surface area contributed by atoms with Crippen LogP contribution in [0.2, 0.25) is 5.15 Å². The molecule has 0 aliphatic heterocycles. The maximum atomic E-state index is 6.06. The summed E-state index contributed by atoms with van der Waals surface area (Å²) < 4.78 is 0. The van der Waals surface area contributed by atoms with Crippen LogP contribution in [-0.4, -0.2) is 4.98 Å². The summed E-state index contributed by atoms with van der Waals surface area (Å²) in [5.41, 5.74) is 2.33. The lowest BCUT2D eigenvalue weighted by atomic mass is 9.95. The van der Waals surface area contributed by atoms with Gasteiger partial charge in [0.05, 0.1) is 0 Å². The van der Waals surface area contributed by atoms with Crippen LogP contribution >= 0.6 is 11.6 Å². The topological polar surface area (TPSA) is 12.9 Å². The van der Waals surface area contributed by atoms with Crippen LogP contribution in [0.4, 0.5) is 0 Å². The molecule has 0 saturated carbocycles. The van der Waals surface area contributed by atoms with Crippen LogP contribution in [0.3, 0.4) is 0 Å². The van der Waals surface area contributed by atoms with Crippen molar-refractivity contribution in [3.63, 3.8) is 0 Å². The smallest absolute Gasteiger partial charge is 0.132 e. The second-order valence-electron chi connectivity index (χ2n) is 3.52. The number of hydrogen-bond acceptors (Lipinski definition) is 1. The molecule has 0 N–H and O–H groups in total. The summed E-state index contributed by atoms with van der Waals surface area (Å²) in [4.78, 5) is 4.09. The van der Waals surface area contributed by atoms with E-state index in [0.29, 0.717) is 5.15 Å². The fraction of sp³-hybridized carbons (Fsp3) is 0.154. The Hall–Kier alpha value is -1.34. The van der Waals surface area contributed by atoms with Gasteiger partial charge in [0.1, 0.15) is 5.15 Å². The van der Waals surface area contributed by atoms with E-state index in [2.05, 4.69) is 24.0 Å². The van der Waals surface area contributed by atoms with Crippen molar-refractivity contribution >= 4 is 11.6 Å². The number of nitrogens with zero attached hydrogens (tertiary/aromatic N) is 1. The van der Waals surface area contributed by atoms with E-state index in [4.69, 9.17) is 11.6 Å². The van der Waals surface area contributed by atoms with Crippen LogP contribution in [0.5, 0.6) is 0 Å². The standard InChI is InChI=1S/C13H12ClN/c1-10(11-6-3-2-4-7-11)12-8-5-9-15-13(12)14/h2-10H,1H3. The number of halogens is 1. The molecule has 0 aliphatic rings. The third-order valence-electron chi connectivity index (χ3n) is 2.55. The zero-order valence-electron chi connectivity index (χ0n) is 8.52. The molecule has 0 bridgehead atoms. The van der Waals surface area contributed by atoms with Gasteiger partial charge in [-0.1, -0.05) is 54.9 Å². The molecule has 0 saturated heterocycles. The highest BCUT2D eigenvalue weighted by Crippen LogP contribution is 2.27. The molecule has 1 atom stereocenters. The van der Waals surface area contributed by atoms with Gasteiger partial charge in [0, 0.05) is 12.1 Å². The Morgan fingerprint density at radius 2 is 1.80 bits per heavy atom. The molecule has 15 heavy (non-hydrogen) atoms. The number of rotatable bonds is 2. The molecule has 2 heteroatoms. The largest absolute Gasteiger partial charge is 0.244 e. The number of aromatic nitrogens is 1. The molecule has 0 radical (unpaired) electrons. The second kappa shape index (κ2) is 4.45. The molecule has 2 rings (SSSR count). The second-order valence-corrected chi connectivity index (χ2v) is 3.87. The Kier molecular flexibility index (Phi) is 3.02. The third-order valence-corrected chi connectivity index (χ3v) is 2.87. The zero-order valence-corrected chi connectivity index (χ0v) is 9.28. The normalized spacial score (nSPS) is 12.4. The van der Waals surface area contributed by atoms with Crippen molar-refractivity contribution in [3.8, 4) is 0 Å². The zero-order chi connectivity index (χ0) is 10.7. The summed E-state index contributed by atoms with van der Waals surface area (Å²) in [7, 11) is 0. The average molecular weight is 218 g/mol. The molecule has 1 nitrogen and oxygen atoms in total. The van der Waals surface area contributed by atoms with Gasteiger partial charge in [-0.25, -0.2) is 4.98 Å². The fourth-order valence-electron chi connectivity index (χ4n) is 1.64. The minimum Gasteiger partial charge on any atom is -0.244 e. The lowest BCUT2D eigenvalue weighted by Crippen LogP contribution is -1.97. The maximum Gasteiger partial charge on any atom is 0.132 e. The van der Waals surface area contributed by atoms with Gasteiger partial charge in [-0.2, -0.15) is 0 Å². The predicted molar refractivity (Wildman–Crippen MR) is 63.2 cm³/mol. The predicted octanol–water partition coefficient (Wildman–Crippen LogP) is 3.89. The van der Waals surface area contributed by atoms with E-state index in [-0.39, 0.29) is 5.92 Å². The molecule has 0 fully saturated rings. The molecule has 1 unspecified atom stereocenters. The summed E-state index contributed by atoms with van der Waals surface area (Å²) in [6.07, 6.45) is 1.71. The van der Waals surface area contributed by atoms with Crippen molar-refractivity contribution in [3.05, 3.63) is 64.9 Å². The molecule has 1 heterocycles. The quantitative estimate of drug-likeness (QED) is 0.696. The van der Waals surface area contributed by atoms with E-state index < -0.39 is 0 Å². The van der Waals surface area contributed by atoms with Gasteiger partial charge < -0.3 is 0 Å². The highest BCUT2D eigenvalue weighted by Gasteiger charge is 2.11. The molecule has 76 valence electrons. The van der Waals surface area contributed by atoms with Gasteiger partial charge in [0.2, 0.25) is 0 Å². The first-order chi connectivity index (χ1) is 7.29. The summed E-state index contributed by atoms with van der Waals surface area (Å²) in [5.74, 6) is 0.285. The third kappa shape index (κ3) is 2.18. The minimum atomic E-state index is 0.285. The summed E-state index contributed by atoms with van der Waals surface area (Å²) in [6.45, 7) is 2.14. The first-order valence-corrected chi connectivity index (χ1v) is 5.32. The highest BCUT2D eigenvalue weighted by atomic mass is 35.5. The van der Waals surface area contributed by atoms with E-state index in [1.54, 1.807) is 6.20 Å². The molecule has 0 spiro atoms. The highest BCUT2D eigenvalue weighted by molar-refractivity contribution is 6.30. The molecule has 1 aromatic heterocycles. The Bertz CT molecular complexity index is 439. The van der Waals surface area contributed by atoms with E-state index >= 15 is 0 Å². The first-order valence-electron chi connectivity index (χ1n) is 4.94.